The lowest BCUT2D eigenvalue weighted by Crippen LogP contribution is -2.24. The first-order chi connectivity index (χ1) is 14.6. The normalized spacial score (nSPS) is 11.2. The Morgan fingerprint density at radius 2 is 1.55 bits per heavy atom. The second-order valence-corrected chi connectivity index (χ2v) is 8.21. The smallest absolute Gasteiger partial charge is 0.345 e. The summed E-state index contributed by atoms with van der Waals surface area (Å²) in [7, 11) is 3.24. The van der Waals surface area contributed by atoms with Crippen LogP contribution in [0.2, 0.25) is 0 Å². The van der Waals surface area contributed by atoms with Crippen LogP contribution in [0.4, 0.5) is 18.9 Å². The quantitative estimate of drug-likeness (QED) is 0.419. The van der Waals surface area contributed by atoms with Gasteiger partial charge in [-0.25, -0.2) is 0 Å². The van der Waals surface area contributed by atoms with Crippen LogP contribution in [-0.2, 0) is 6.18 Å². The number of hydrogen-bond acceptors (Lipinski definition) is 2. The lowest BCUT2D eigenvalue weighted by atomic mass is 9.98. The highest BCUT2D eigenvalue weighted by Gasteiger charge is 2.30. The van der Waals surface area contributed by atoms with Crippen molar-refractivity contribution in [2.24, 2.45) is 0 Å². The summed E-state index contributed by atoms with van der Waals surface area (Å²) in [6.07, 6.45) is -4.43. The van der Waals surface area contributed by atoms with E-state index in [1.54, 1.807) is 56.6 Å². The van der Waals surface area contributed by atoms with Crippen molar-refractivity contribution in [1.29, 1.82) is 0 Å². The molecule has 3 aromatic rings. The van der Waals surface area contributed by atoms with E-state index in [0.29, 0.717) is 22.4 Å². The van der Waals surface area contributed by atoms with Gasteiger partial charge in [0.2, 0.25) is 0 Å². The third kappa shape index (κ3) is 5.25. The maximum Gasteiger partial charge on any atom is 0.416 e. The van der Waals surface area contributed by atoms with Crippen molar-refractivity contribution < 1.29 is 22.8 Å². The number of halogens is 4. The van der Waals surface area contributed by atoms with E-state index in [9.17, 15) is 22.8 Å². The fourth-order valence-corrected chi connectivity index (χ4v) is 3.50. The molecule has 0 saturated heterocycles. The molecule has 3 aromatic carbocycles. The van der Waals surface area contributed by atoms with Crippen LogP contribution >= 0.6 is 22.6 Å². The zero-order chi connectivity index (χ0) is 22.8. The first-order valence-corrected chi connectivity index (χ1v) is 10.2. The topological polar surface area (TPSA) is 49.4 Å². The van der Waals surface area contributed by atoms with Gasteiger partial charge in [0.25, 0.3) is 11.8 Å². The van der Waals surface area contributed by atoms with Crippen LogP contribution in [-0.4, -0.2) is 30.8 Å². The highest BCUT2D eigenvalue weighted by Crippen LogP contribution is 2.32. The van der Waals surface area contributed by atoms with Crippen LogP contribution in [0.1, 0.15) is 26.3 Å². The number of anilines is 1. The lowest BCUT2D eigenvalue weighted by molar-refractivity contribution is -0.137. The van der Waals surface area contributed by atoms with Crippen LogP contribution in [0.15, 0.2) is 66.7 Å². The summed E-state index contributed by atoms with van der Waals surface area (Å²) >= 11 is 2.08. The van der Waals surface area contributed by atoms with E-state index in [2.05, 4.69) is 27.9 Å². The van der Waals surface area contributed by atoms with Crippen LogP contribution < -0.4 is 5.32 Å². The maximum absolute atomic E-state index is 13.0. The molecule has 0 saturated carbocycles. The summed E-state index contributed by atoms with van der Waals surface area (Å²) in [5, 5.41) is 2.77. The number of hydrogen-bond donors (Lipinski definition) is 1. The third-order valence-electron chi connectivity index (χ3n) is 4.56. The maximum atomic E-state index is 13.0. The molecule has 0 bridgehead atoms. The standard InChI is InChI=1S/C23H18F3IN2O2/c1-29(2)22(31)19-13-16(27)11-12-20(19)28-21(30)18-6-4-3-5-17(18)14-7-9-15(10-8-14)23(24,25)26/h3-13H,1-2H3,(H,28,30). The highest BCUT2D eigenvalue weighted by molar-refractivity contribution is 14.1. The summed E-state index contributed by atoms with van der Waals surface area (Å²) in [5.74, 6) is -0.727. The van der Waals surface area contributed by atoms with Gasteiger partial charge in [0.05, 0.1) is 16.8 Å². The zero-order valence-electron chi connectivity index (χ0n) is 16.6. The summed E-state index contributed by atoms with van der Waals surface area (Å²) in [5.41, 5.74) is 1.18. The fourth-order valence-electron chi connectivity index (χ4n) is 3.00. The van der Waals surface area contributed by atoms with Gasteiger partial charge in [0.1, 0.15) is 0 Å². The first-order valence-electron chi connectivity index (χ1n) is 9.17. The van der Waals surface area contributed by atoms with Crippen LogP contribution in [0.3, 0.4) is 0 Å². The Hall–Kier alpha value is -2.88. The highest BCUT2D eigenvalue weighted by atomic mass is 127. The monoisotopic (exact) mass is 538 g/mol. The second kappa shape index (κ2) is 9.09. The van der Waals surface area contributed by atoms with Crippen molar-refractivity contribution in [3.8, 4) is 11.1 Å². The molecule has 0 atom stereocenters. The van der Waals surface area contributed by atoms with Crippen molar-refractivity contribution >= 4 is 40.1 Å². The predicted molar refractivity (Wildman–Crippen MR) is 122 cm³/mol. The number of alkyl halides is 3. The largest absolute Gasteiger partial charge is 0.416 e. The molecule has 0 aromatic heterocycles. The van der Waals surface area contributed by atoms with E-state index in [1.165, 1.54) is 17.0 Å². The Balaban J connectivity index is 1.96. The summed E-state index contributed by atoms with van der Waals surface area (Å²) < 4.78 is 39.4. The van der Waals surface area contributed by atoms with E-state index < -0.39 is 17.6 Å². The minimum Gasteiger partial charge on any atom is -0.345 e. The molecule has 0 spiro atoms. The molecule has 0 unspecified atom stereocenters. The Bertz CT molecular complexity index is 1130. The number of rotatable bonds is 4. The SMILES string of the molecule is CN(C)C(=O)c1cc(I)ccc1NC(=O)c1ccccc1-c1ccc(C(F)(F)F)cc1. The molecule has 0 aliphatic carbocycles. The van der Waals surface area contributed by atoms with Gasteiger partial charge >= 0.3 is 6.18 Å². The molecular weight excluding hydrogens is 520 g/mol. The van der Waals surface area contributed by atoms with E-state index in [0.717, 1.165) is 15.7 Å². The molecule has 0 aliphatic heterocycles. The molecule has 3 rings (SSSR count). The van der Waals surface area contributed by atoms with Crippen LogP contribution in [0, 0.1) is 3.57 Å². The molecule has 0 radical (unpaired) electrons. The molecule has 4 nitrogen and oxygen atoms in total. The van der Waals surface area contributed by atoms with Crippen LogP contribution in [0.5, 0.6) is 0 Å². The number of amides is 2. The third-order valence-corrected chi connectivity index (χ3v) is 5.23. The number of carbonyl (C=O) groups is 2. The van der Waals surface area contributed by atoms with Gasteiger partial charge in [0, 0.05) is 23.2 Å². The number of carbonyl (C=O) groups excluding carboxylic acids is 2. The Morgan fingerprint density at radius 1 is 0.903 bits per heavy atom. The van der Waals surface area contributed by atoms with E-state index >= 15 is 0 Å². The van der Waals surface area contributed by atoms with Crippen molar-refractivity contribution in [3.63, 3.8) is 0 Å². The van der Waals surface area contributed by atoms with Gasteiger partial charge in [-0.05, 0) is 70.1 Å². The van der Waals surface area contributed by atoms with E-state index in [4.69, 9.17) is 0 Å². The van der Waals surface area contributed by atoms with Gasteiger partial charge in [-0.3, -0.25) is 9.59 Å². The number of nitrogens with zero attached hydrogens (tertiary/aromatic N) is 1. The fraction of sp³-hybridized carbons (Fsp3) is 0.130. The van der Waals surface area contributed by atoms with Crippen molar-refractivity contribution in [1.82, 2.24) is 4.90 Å². The van der Waals surface area contributed by atoms with Gasteiger partial charge in [-0.15, -0.1) is 0 Å². The summed E-state index contributed by atoms with van der Waals surface area (Å²) in [6, 6.07) is 16.4. The Kier molecular flexibility index (Phi) is 6.68. The first kappa shape index (κ1) is 22.8. The molecule has 2 amide bonds. The van der Waals surface area contributed by atoms with Gasteiger partial charge in [-0.1, -0.05) is 30.3 Å². The Labute approximate surface area is 191 Å². The van der Waals surface area contributed by atoms with Crippen molar-refractivity contribution in [3.05, 3.63) is 87.0 Å². The Morgan fingerprint density at radius 3 is 2.16 bits per heavy atom. The molecule has 8 heteroatoms. The average Bonchev–Trinajstić information content (AvgIpc) is 2.73. The van der Waals surface area contributed by atoms with E-state index in [-0.39, 0.29) is 11.5 Å². The molecule has 0 heterocycles. The van der Waals surface area contributed by atoms with E-state index in [1.807, 2.05) is 0 Å². The van der Waals surface area contributed by atoms with Gasteiger partial charge < -0.3 is 10.2 Å². The zero-order valence-corrected chi connectivity index (χ0v) is 18.8. The number of benzene rings is 3. The van der Waals surface area contributed by atoms with Crippen molar-refractivity contribution in [2.45, 2.75) is 6.18 Å². The van der Waals surface area contributed by atoms with Crippen LogP contribution in [0.25, 0.3) is 11.1 Å². The average molecular weight is 538 g/mol. The van der Waals surface area contributed by atoms with Gasteiger partial charge in [0.15, 0.2) is 0 Å². The minimum absolute atomic E-state index is 0.259. The molecule has 1 N–H and O–H groups in total. The van der Waals surface area contributed by atoms with Gasteiger partial charge in [-0.2, -0.15) is 13.2 Å². The molecule has 160 valence electrons. The summed E-state index contributed by atoms with van der Waals surface area (Å²) in [4.78, 5) is 27.0. The predicted octanol–water partition coefficient (Wildman–Crippen LogP) is 5.93. The molecule has 0 fully saturated rings. The number of nitrogens with one attached hydrogen (secondary N) is 1. The molecular formula is C23H18F3IN2O2. The van der Waals surface area contributed by atoms with Crippen molar-refractivity contribution in [2.75, 3.05) is 19.4 Å². The molecule has 31 heavy (non-hydrogen) atoms. The second-order valence-electron chi connectivity index (χ2n) is 6.96. The molecule has 0 aliphatic rings. The minimum atomic E-state index is -4.43. The lowest BCUT2D eigenvalue weighted by Gasteiger charge is -2.16. The summed E-state index contributed by atoms with van der Waals surface area (Å²) in [6.45, 7) is 0.